The van der Waals surface area contributed by atoms with Crippen molar-refractivity contribution in [3.63, 3.8) is 0 Å². The molecule has 0 saturated heterocycles. The number of carboxylic acid groups (broad SMARTS) is 1. The van der Waals surface area contributed by atoms with Crippen molar-refractivity contribution in [3.05, 3.63) is 0 Å². The quantitative estimate of drug-likeness (QED) is 0.631. The van der Waals surface area contributed by atoms with E-state index in [9.17, 15) is 9.59 Å². The molecule has 3 N–H and O–H groups in total. The Bertz CT molecular complexity index is 289. The molecule has 6 nitrogen and oxygen atoms in total. The summed E-state index contributed by atoms with van der Waals surface area (Å²) in [5.41, 5.74) is -1.07. The van der Waals surface area contributed by atoms with E-state index in [1.165, 1.54) is 4.90 Å². The summed E-state index contributed by atoms with van der Waals surface area (Å²) in [5.74, 6) is -0.963. The fraction of sp³-hybridized carbons (Fsp3) is 0.818. The Morgan fingerprint density at radius 2 is 2.06 bits per heavy atom. The molecule has 0 unspecified atom stereocenters. The van der Waals surface area contributed by atoms with Crippen LogP contribution in [0, 0.1) is 0 Å². The van der Waals surface area contributed by atoms with Crippen molar-refractivity contribution in [3.8, 4) is 0 Å². The minimum atomic E-state index is -1.07. The number of aliphatic hydroxyl groups excluding tert-OH is 1. The number of nitrogens with one attached hydrogen (secondary N) is 1. The first kappa shape index (κ1) is 13.8. The molecule has 1 saturated carbocycles. The van der Waals surface area contributed by atoms with E-state index < -0.39 is 11.5 Å². The lowest BCUT2D eigenvalue weighted by atomic mass is 9.77. The van der Waals surface area contributed by atoms with Gasteiger partial charge in [0, 0.05) is 19.7 Å². The lowest BCUT2D eigenvalue weighted by molar-refractivity contribution is -0.148. The summed E-state index contributed by atoms with van der Waals surface area (Å²) in [6.45, 7) is 2.79. The van der Waals surface area contributed by atoms with Gasteiger partial charge < -0.3 is 20.4 Å². The first-order chi connectivity index (χ1) is 8.05. The van der Waals surface area contributed by atoms with Gasteiger partial charge in [-0.15, -0.1) is 0 Å². The molecule has 0 aliphatic heterocycles. The van der Waals surface area contributed by atoms with Gasteiger partial charge >= 0.3 is 12.0 Å². The number of rotatable bonds is 6. The second kappa shape index (κ2) is 5.86. The number of aliphatic hydroxyl groups is 1. The van der Waals surface area contributed by atoms with Gasteiger partial charge in [0.05, 0.1) is 0 Å². The summed E-state index contributed by atoms with van der Waals surface area (Å²) >= 11 is 0. The van der Waals surface area contributed by atoms with Crippen LogP contribution in [0.5, 0.6) is 0 Å². The lowest BCUT2D eigenvalue weighted by Crippen LogP contribution is -2.61. The van der Waals surface area contributed by atoms with E-state index >= 15 is 0 Å². The van der Waals surface area contributed by atoms with E-state index in [0.29, 0.717) is 32.4 Å². The normalized spacial score (nSPS) is 17.1. The van der Waals surface area contributed by atoms with E-state index in [1.54, 1.807) is 0 Å². The van der Waals surface area contributed by atoms with E-state index in [2.05, 4.69) is 5.32 Å². The third-order valence-corrected chi connectivity index (χ3v) is 3.22. The van der Waals surface area contributed by atoms with E-state index in [4.69, 9.17) is 10.2 Å². The molecule has 0 radical (unpaired) electrons. The zero-order valence-corrected chi connectivity index (χ0v) is 10.1. The van der Waals surface area contributed by atoms with E-state index in [0.717, 1.165) is 6.42 Å². The third kappa shape index (κ3) is 3.09. The number of carbonyl (C=O) groups excluding carboxylic acids is 1. The molecule has 1 aliphatic carbocycles. The standard InChI is InChI=1S/C11H20N2O4/c1-2-13(7-4-8-14)10(17)12-11(9(15)16)5-3-6-11/h14H,2-8H2,1H3,(H,12,17)(H,15,16). The van der Waals surface area contributed by atoms with Gasteiger partial charge in [-0.25, -0.2) is 9.59 Å². The molecule has 2 amide bonds. The Morgan fingerprint density at radius 1 is 1.41 bits per heavy atom. The highest BCUT2D eigenvalue weighted by Gasteiger charge is 2.46. The van der Waals surface area contributed by atoms with Gasteiger partial charge in [0.1, 0.15) is 5.54 Å². The first-order valence-corrected chi connectivity index (χ1v) is 5.97. The molecule has 0 heterocycles. The van der Waals surface area contributed by atoms with Crippen LogP contribution in [0.1, 0.15) is 32.6 Å². The molecule has 0 atom stereocenters. The molecule has 1 rings (SSSR count). The molecule has 0 spiro atoms. The summed E-state index contributed by atoms with van der Waals surface area (Å²) in [7, 11) is 0. The second-order valence-corrected chi connectivity index (χ2v) is 4.33. The van der Waals surface area contributed by atoms with E-state index in [-0.39, 0.29) is 12.6 Å². The number of amides is 2. The smallest absolute Gasteiger partial charge is 0.329 e. The van der Waals surface area contributed by atoms with Crippen LogP contribution in [0.25, 0.3) is 0 Å². The molecule has 0 bridgehead atoms. The van der Waals surface area contributed by atoms with Crippen LogP contribution in [0.15, 0.2) is 0 Å². The Morgan fingerprint density at radius 3 is 2.41 bits per heavy atom. The molecule has 1 fully saturated rings. The average molecular weight is 244 g/mol. The highest BCUT2D eigenvalue weighted by Crippen LogP contribution is 2.32. The van der Waals surface area contributed by atoms with Crippen molar-refractivity contribution in [1.82, 2.24) is 10.2 Å². The molecule has 0 aromatic heterocycles. The summed E-state index contributed by atoms with van der Waals surface area (Å²) < 4.78 is 0. The Balaban J connectivity index is 2.54. The van der Waals surface area contributed by atoms with Crippen molar-refractivity contribution in [2.45, 2.75) is 38.1 Å². The Kier molecular flexibility index (Phi) is 4.74. The number of nitrogens with zero attached hydrogens (tertiary/aromatic N) is 1. The van der Waals surface area contributed by atoms with Crippen LogP contribution in [-0.4, -0.2) is 52.3 Å². The predicted octanol–water partition coefficient (Wildman–Crippen LogP) is 0.408. The van der Waals surface area contributed by atoms with Crippen LogP contribution >= 0.6 is 0 Å². The first-order valence-electron chi connectivity index (χ1n) is 5.97. The number of carbonyl (C=O) groups is 2. The van der Waals surface area contributed by atoms with Crippen LogP contribution in [-0.2, 0) is 4.79 Å². The van der Waals surface area contributed by atoms with Crippen molar-refractivity contribution >= 4 is 12.0 Å². The van der Waals surface area contributed by atoms with Gasteiger partial charge in [-0.3, -0.25) is 0 Å². The number of hydrogen-bond donors (Lipinski definition) is 3. The molecule has 0 aromatic carbocycles. The van der Waals surface area contributed by atoms with Gasteiger partial charge in [-0.1, -0.05) is 0 Å². The Hall–Kier alpha value is -1.30. The van der Waals surface area contributed by atoms with Gasteiger partial charge in [0.25, 0.3) is 0 Å². The predicted molar refractivity (Wildman–Crippen MR) is 61.7 cm³/mol. The number of carboxylic acids is 1. The average Bonchev–Trinajstić information content (AvgIpc) is 2.24. The lowest BCUT2D eigenvalue weighted by Gasteiger charge is -2.39. The minimum absolute atomic E-state index is 0.0217. The van der Waals surface area contributed by atoms with Gasteiger partial charge in [0.2, 0.25) is 0 Å². The maximum absolute atomic E-state index is 11.9. The molecule has 17 heavy (non-hydrogen) atoms. The molecular weight excluding hydrogens is 224 g/mol. The maximum atomic E-state index is 11.9. The third-order valence-electron chi connectivity index (χ3n) is 3.22. The largest absolute Gasteiger partial charge is 0.480 e. The summed E-state index contributed by atoms with van der Waals surface area (Å²) in [4.78, 5) is 24.5. The topological polar surface area (TPSA) is 89.9 Å². The number of aliphatic carboxylic acids is 1. The molecule has 98 valence electrons. The number of urea groups is 1. The number of hydrogen-bond acceptors (Lipinski definition) is 3. The molecule has 0 aromatic rings. The minimum Gasteiger partial charge on any atom is -0.480 e. The van der Waals surface area contributed by atoms with Crippen LogP contribution in [0.2, 0.25) is 0 Å². The summed E-state index contributed by atoms with van der Waals surface area (Å²) in [6, 6.07) is -0.358. The van der Waals surface area contributed by atoms with Crippen molar-refractivity contribution in [2.24, 2.45) is 0 Å². The SMILES string of the molecule is CCN(CCCO)C(=O)NC1(C(=O)O)CCC1. The highest BCUT2D eigenvalue weighted by molar-refractivity contribution is 5.87. The summed E-state index contributed by atoms with van der Waals surface area (Å²) in [5, 5.41) is 20.4. The van der Waals surface area contributed by atoms with Crippen LogP contribution < -0.4 is 5.32 Å². The van der Waals surface area contributed by atoms with Crippen LogP contribution in [0.3, 0.4) is 0 Å². The van der Waals surface area contributed by atoms with E-state index in [1.807, 2.05) is 6.92 Å². The van der Waals surface area contributed by atoms with Gasteiger partial charge in [-0.05, 0) is 32.6 Å². The zero-order chi connectivity index (χ0) is 12.9. The monoisotopic (exact) mass is 244 g/mol. The zero-order valence-electron chi connectivity index (χ0n) is 10.1. The van der Waals surface area contributed by atoms with Gasteiger partial charge in [0.15, 0.2) is 0 Å². The molecule has 1 aliphatic rings. The summed E-state index contributed by atoms with van der Waals surface area (Å²) in [6.07, 6.45) is 2.31. The molecular formula is C11H20N2O4. The van der Waals surface area contributed by atoms with Crippen LogP contribution in [0.4, 0.5) is 4.79 Å². The Labute approximate surface area is 101 Å². The fourth-order valence-corrected chi connectivity index (χ4v) is 1.87. The van der Waals surface area contributed by atoms with Crippen molar-refractivity contribution < 1.29 is 19.8 Å². The highest BCUT2D eigenvalue weighted by atomic mass is 16.4. The van der Waals surface area contributed by atoms with Crippen molar-refractivity contribution in [2.75, 3.05) is 19.7 Å². The van der Waals surface area contributed by atoms with Crippen molar-refractivity contribution in [1.29, 1.82) is 0 Å². The maximum Gasteiger partial charge on any atom is 0.329 e. The second-order valence-electron chi connectivity index (χ2n) is 4.33. The fourth-order valence-electron chi connectivity index (χ4n) is 1.87. The molecule has 6 heteroatoms. The van der Waals surface area contributed by atoms with Gasteiger partial charge in [-0.2, -0.15) is 0 Å².